The number of benzene rings is 2. The van der Waals surface area contributed by atoms with Crippen LogP contribution >= 0.6 is 0 Å². The number of imidazole rings is 1. The summed E-state index contributed by atoms with van der Waals surface area (Å²) in [6.07, 6.45) is -7.09. The first-order chi connectivity index (χ1) is 17.7. The van der Waals surface area contributed by atoms with Gasteiger partial charge in [-0.25, -0.2) is 13.9 Å². The van der Waals surface area contributed by atoms with E-state index in [9.17, 15) is 22.4 Å². The molecule has 9 nitrogen and oxygen atoms in total. The topological polar surface area (TPSA) is 95.3 Å². The zero-order valence-corrected chi connectivity index (χ0v) is 19.6. The molecule has 1 fully saturated rings. The van der Waals surface area contributed by atoms with E-state index in [1.807, 2.05) is 6.07 Å². The van der Waals surface area contributed by atoms with Gasteiger partial charge in [0.15, 0.2) is 17.3 Å². The van der Waals surface area contributed by atoms with Gasteiger partial charge in [-0.3, -0.25) is 9.55 Å². The molecule has 1 aliphatic heterocycles. The Morgan fingerprint density at radius 3 is 2.59 bits per heavy atom. The van der Waals surface area contributed by atoms with Gasteiger partial charge in [0, 0.05) is 25.8 Å². The molecule has 2 atom stereocenters. The number of para-hydroxylation sites is 1. The standard InChI is InChI=1S/C24H23F4N5O4/c1-35-13-14-7-8-18(37-24(26,27)28)15(9-14)12-32-20-21(30-23(32)34)33(16-5-3-2-4-6-16)31-22(20)36-19-11-29-10-17(19)25/h2-9,17,19,29H,10-13H2,1H3,(H,30,34)/t17-,19+/m1/s1. The van der Waals surface area contributed by atoms with Crippen molar-refractivity contribution in [3.8, 4) is 17.3 Å². The summed E-state index contributed by atoms with van der Waals surface area (Å²) in [7, 11) is 1.46. The molecule has 2 aromatic heterocycles. The molecule has 4 aromatic rings. The minimum atomic E-state index is -4.94. The molecule has 0 saturated carbocycles. The third-order valence-electron chi connectivity index (χ3n) is 5.91. The van der Waals surface area contributed by atoms with Crippen LogP contribution in [-0.2, 0) is 17.9 Å². The van der Waals surface area contributed by atoms with Gasteiger partial charge in [-0.05, 0) is 29.8 Å². The number of aromatic amines is 1. The molecule has 0 radical (unpaired) electrons. The Bertz CT molecular complexity index is 1450. The minimum Gasteiger partial charge on any atom is -0.467 e. The summed E-state index contributed by atoms with van der Waals surface area (Å²) < 4.78 is 71.5. The summed E-state index contributed by atoms with van der Waals surface area (Å²) in [5.74, 6) is -0.491. The molecule has 1 saturated heterocycles. The van der Waals surface area contributed by atoms with E-state index in [-0.39, 0.29) is 48.8 Å². The van der Waals surface area contributed by atoms with Gasteiger partial charge >= 0.3 is 12.1 Å². The summed E-state index contributed by atoms with van der Waals surface area (Å²) >= 11 is 0. The number of nitrogens with one attached hydrogen (secondary N) is 2. The van der Waals surface area contributed by atoms with Gasteiger partial charge in [-0.2, -0.15) is 0 Å². The number of rotatable bonds is 8. The van der Waals surface area contributed by atoms with Gasteiger partial charge in [-0.15, -0.1) is 18.3 Å². The van der Waals surface area contributed by atoms with E-state index >= 15 is 0 Å². The predicted octanol–water partition coefficient (Wildman–Crippen LogP) is 3.30. The normalized spacial score (nSPS) is 18.0. The lowest BCUT2D eigenvalue weighted by molar-refractivity contribution is -0.274. The second-order valence-corrected chi connectivity index (χ2v) is 8.52. The molecule has 2 aromatic carbocycles. The summed E-state index contributed by atoms with van der Waals surface area (Å²) in [4.78, 5) is 15.8. The van der Waals surface area contributed by atoms with E-state index in [0.717, 1.165) is 0 Å². The van der Waals surface area contributed by atoms with Crippen LogP contribution in [0.2, 0.25) is 0 Å². The van der Waals surface area contributed by atoms with Gasteiger partial charge in [-0.1, -0.05) is 24.3 Å². The van der Waals surface area contributed by atoms with Crippen molar-refractivity contribution >= 4 is 11.2 Å². The van der Waals surface area contributed by atoms with Gasteiger partial charge in [0.05, 0.1) is 18.8 Å². The molecule has 13 heteroatoms. The molecule has 196 valence electrons. The first-order valence-electron chi connectivity index (χ1n) is 11.4. The van der Waals surface area contributed by atoms with Crippen molar-refractivity contribution in [3.63, 3.8) is 0 Å². The van der Waals surface area contributed by atoms with Crippen LogP contribution in [0.25, 0.3) is 16.9 Å². The molecule has 37 heavy (non-hydrogen) atoms. The van der Waals surface area contributed by atoms with Crippen LogP contribution in [0.1, 0.15) is 11.1 Å². The number of aromatic nitrogens is 4. The Balaban J connectivity index is 1.64. The number of alkyl halides is 4. The van der Waals surface area contributed by atoms with E-state index in [0.29, 0.717) is 11.3 Å². The van der Waals surface area contributed by atoms with Crippen LogP contribution in [0.15, 0.2) is 53.3 Å². The number of methoxy groups -OCH3 is 1. The molecule has 3 heterocycles. The summed E-state index contributed by atoms with van der Waals surface area (Å²) in [6, 6.07) is 13.0. The van der Waals surface area contributed by atoms with Crippen molar-refractivity contribution in [2.24, 2.45) is 0 Å². The molecule has 0 spiro atoms. The van der Waals surface area contributed by atoms with Crippen LogP contribution in [0, 0.1) is 0 Å². The SMILES string of the molecule is COCc1ccc(OC(F)(F)F)c(Cn2c(=O)[nH]c3c2c(O[C@H]2CNC[C@H]2F)nn3-c2ccccc2)c1. The van der Waals surface area contributed by atoms with Crippen LogP contribution < -0.4 is 20.5 Å². The van der Waals surface area contributed by atoms with Gasteiger partial charge in [0.2, 0.25) is 0 Å². The highest BCUT2D eigenvalue weighted by Crippen LogP contribution is 2.31. The molecule has 2 N–H and O–H groups in total. The lowest BCUT2D eigenvalue weighted by atomic mass is 10.1. The highest BCUT2D eigenvalue weighted by Gasteiger charge is 2.34. The highest BCUT2D eigenvalue weighted by molar-refractivity contribution is 5.79. The zero-order chi connectivity index (χ0) is 26.2. The second kappa shape index (κ2) is 9.90. The summed E-state index contributed by atoms with van der Waals surface area (Å²) in [6.45, 7) is 0.181. The number of ether oxygens (including phenoxy) is 3. The number of halogens is 4. The number of hydrogen-bond acceptors (Lipinski definition) is 6. The van der Waals surface area contributed by atoms with Crippen LogP contribution in [-0.4, -0.2) is 58.2 Å². The van der Waals surface area contributed by atoms with Crippen LogP contribution in [0.5, 0.6) is 11.6 Å². The first-order valence-corrected chi connectivity index (χ1v) is 11.4. The van der Waals surface area contributed by atoms with E-state index < -0.39 is 30.1 Å². The Morgan fingerprint density at radius 2 is 1.92 bits per heavy atom. The highest BCUT2D eigenvalue weighted by atomic mass is 19.4. The van der Waals surface area contributed by atoms with E-state index in [1.54, 1.807) is 24.3 Å². The number of H-pyrrole nitrogens is 1. The maximum atomic E-state index is 14.4. The maximum absolute atomic E-state index is 14.4. The monoisotopic (exact) mass is 521 g/mol. The summed E-state index contributed by atoms with van der Waals surface area (Å²) in [5, 5.41) is 7.36. The average molecular weight is 521 g/mol. The Kier molecular flexibility index (Phi) is 6.65. The fourth-order valence-electron chi connectivity index (χ4n) is 4.29. The lowest BCUT2D eigenvalue weighted by Crippen LogP contribution is -2.28. The number of nitrogens with zero attached hydrogens (tertiary/aromatic N) is 3. The number of hydrogen-bond donors (Lipinski definition) is 2. The van der Waals surface area contributed by atoms with Crippen molar-refractivity contribution in [1.29, 1.82) is 0 Å². The molecule has 0 bridgehead atoms. The minimum absolute atomic E-state index is 0.0279. The van der Waals surface area contributed by atoms with E-state index in [1.165, 1.54) is 34.6 Å². The van der Waals surface area contributed by atoms with Crippen LogP contribution in [0.4, 0.5) is 17.6 Å². The Hall–Kier alpha value is -3.84. The lowest BCUT2D eigenvalue weighted by Gasteiger charge is -2.16. The van der Waals surface area contributed by atoms with Crippen LogP contribution in [0.3, 0.4) is 0 Å². The molecule has 0 aliphatic carbocycles. The molecular formula is C24H23F4N5O4. The van der Waals surface area contributed by atoms with Gasteiger partial charge in [0.25, 0.3) is 5.88 Å². The smallest absolute Gasteiger partial charge is 0.467 e. The van der Waals surface area contributed by atoms with E-state index in [2.05, 4.69) is 20.1 Å². The molecular weight excluding hydrogens is 498 g/mol. The van der Waals surface area contributed by atoms with Crippen molar-refractivity contribution in [3.05, 3.63) is 70.1 Å². The van der Waals surface area contributed by atoms with Gasteiger partial charge < -0.3 is 19.5 Å². The summed E-state index contributed by atoms with van der Waals surface area (Å²) in [5.41, 5.74) is 1.08. The number of fused-ring (bicyclic) bond motifs is 1. The molecule has 0 amide bonds. The average Bonchev–Trinajstić information content (AvgIpc) is 3.51. The van der Waals surface area contributed by atoms with Crippen molar-refractivity contribution < 1.29 is 31.8 Å². The predicted molar refractivity (Wildman–Crippen MR) is 125 cm³/mol. The van der Waals surface area contributed by atoms with Gasteiger partial charge in [0.1, 0.15) is 11.9 Å². The van der Waals surface area contributed by atoms with Crippen molar-refractivity contribution in [2.45, 2.75) is 31.8 Å². The molecule has 1 aliphatic rings. The molecule has 5 rings (SSSR count). The van der Waals surface area contributed by atoms with Crippen molar-refractivity contribution in [2.75, 3.05) is 20.2 Å². The second-order valence-electron chi connectivity index (χ2n) is 8.52. The Labute approximate surface area is 207 Å². The quantitative estimate of drug-likeness (QED) is 0.346. The maximum Gasteiger partial charge on any atom is 0.573 e. The third kappa shape index (κ3) is 5.18. The zero-order valence-electron chi connectivity index (χ0n) is 19.6. The fourth-order valence-corrected chi connectivity index (χ4v) is 4.29. The van der Waals surface area contributed by atoms with E-state index in [4.69, 9.17) is 9.47 Å². The van der Waals surface area contributed by atoms with Crippen molar-refractivity contribution in [1.82, 2.24) is 24.6 Å². The Morgan fingerprint density at radius 1 is 1.14 bits per heavy atom. The molecule has 0 unspecified atom stereocenters. The third-order valence-corrected chi connectivity index (χ3v) is 5.91. The largest absolute Gasteiger partial charge is 0.573 e. The fraction of sp³-hybridized carbons (Fsp3) is 0.333. The first kappa shape index (κ1) is 24.8.